The minimum Gasteiger partial charge on any atom is -0.467 e. The van der Waals surface area contributed by atoms with Crippen molar-refractivity contribution in [2.45, 2.75) is 23.5 Å². The molecule has 2 aromatic carbocycles. The maximum Gasteiger partial charge on any atom is 0.265 e. The Morgan fingerprint density at radius 3 is 2.92 bits per heavy atom. The van der Waals surface area contributed by atoms with Crippen molar-refractivity contribution in [2.24, 2.45) is 0 Å². The van der Waals surface area contributed by atoms with Gasteiger partial charge in [0.25, 0.3) is 5.91 Å². The highest BCUT2D eigenvalue weighted by molar-refractivity contribution is 8.00. The highest BCUT2D eigenvalue weighted by atomic mass is 32.2. The van der Waals surface area contributed by atoms with Crippen molar-refractivity contribution in [1.29, 1.82) is 0 Å². The largest absolute Gasteiger partial charge is 0.467 e. The van der Waals surface area contributed by atoms with Crippen molar-refractivity contribution < 1.29 is 9.53 Å². The summed E-state index contributed by atoms with van der Waals surface area (Å²) in [6.45, 7) is 2.84. The van der Waals surface area contributed by atoms with Crippen molar-refractivity contribution in [2.75, 3.05) is 18.1 Å². The third-order valence-corrected chi connectivity index (χ3v) is 5.62. The van der Waals surface area contributed by atoms with E-state index >= 15 is 0 Å². The Kier molecular flexibility index (Phi) is 4.75. The van der Waals surface area contributed by atoms with Crippen LogP contribution >= 0.6 is 11.8 Å². The minimum absolute atomic E-state index is 0.0472. The Hall–Kier alpha value is -2.60. The van der Waals surface area contributed by atoms with Gasteiger partial charge in [-0.3, -0.25) is 4.79 Å². The number of benzene rings is 2. The van der Waals surface area contributed by atoms with Gasteiger partial charge >= 0.3 is 0 Å². The average molecular weight is 365 g/mol. The standard InChI is InChI=1S/C20H19N3O2S/c1-14-10-11-23(17-8-4-5-9-18(17)26-14)19(24)12-25-20-15-6-2-3-7-16(15)21-13-22-20/h2-9,13-14H,10-12H2,1H3/t14-/m1/s1. The Morgan fingerprint density at radius 1 is 1.19 bits per heavy atom. The van der Waals surface area contributed by atoms with E-state index in [-0.39, 0.29) is 12.5 Å². The fraction of sp³-hybridized carbons (Fsp3) is 0.250. The van der Waals surface area contributed by atoms with Crippen LogP contribution < -0.4 is 9.64 Å². The number of thioether (sulfide) groups is 1. The molecule has 0 saturated heterocycles. The fourth-order valence-electron chi connectivity index (χ4n) is 3.05. The van der Waals surface area contributed by atoms with Crippen molar-refractivity contribution >= 4 is 34.3 Å². The number of carbonyl (C=O) groups is 1. The molecule has 0 N–H and O–H groups in total. The van der Waals surface area contributed by atoms with Crippen LogP contribution in [0.4, 0.5) is 5.69 Å². The molecule has 0 fully saturated rings. The van der Waals surface area contributed by atoms with Gasteiger partial charge in [-0.2, -0.15) is 0 Å². The number of hydrogen-bond acceptors (Lipinski definition) is 5. The molecule has 0 bridgehead atoms. The number of rotatable bonds is 3. The molecule has 2 heterocycles. The first-order valence-electron chi connectivity index (χ1n) is 8.61. The molecule has 0 saturated carbocycles. The number of ether oxygens (including phenoxy) is 1. The Morgan fingerprint density at radius 2 is 2.00 bits per heavy atom. The van der Waals surface area contributed by atoms with E-state index < -0.39 is 0 Å². The first-order valence-corrected chi connectivity index (χ1v) is 9.49. The van der Waals surface area contributed by atoms with E-state index in [4.69, 9.17) is 4.74 Å². The molecule has 1 aromatic heterocycles. The summed E-state index contributed by atoms with van der Waals surface area (Å²) in [5.74, 6) is 0.379. The van der Waals surface area contributed by atoms with Crippen LogP contribution in [0.3, 0.4) is 0 Å². The molecule has 1 atom stereocenters. The summed E-state index contributed by atoms with van der Waals surface area (Å²) >= 11 is 1.81. The number of para-hydroxylation sites is 2. The zero-order chi connectivity index (χ0) is 17.9. The van der Waals surface area contributed by atoms with Gasteiger partial charge in [-0.25, -0.2) is 9.97 Å². The van der Waals surface area contributed by atoms with Gasteiger partial charge in [0.1, 0.15) is 6.33 Å². The van der Waals surface area contributed by atoms with E-state index in [0.29, 0.717) is 17.7 Å². The van der Waals surface area contributed by atoms with Crippen LogP contribution in [0.2, 0.25) is 0 Å². The summed E-state index contributed by atoms with van der Waals surface area (Å²) in [7, 11) is 0. The maximum atomic E-state index is 12.9. The molecule has 132 valence electrons. The molecule has 26 heavy (non-hydrogen) atoms. The number of fused-ring (bicyclic) bond motifs is 2. The third-order valence-electron chi connectivity index (χ3n) is 4.38. The van der Waals surface area contributed by atoms with Crippen molar-refractivity contribution in [3.63, 3.8) is 0 Å². The van der Waals surface area contributed by atoms with Gasteiger partial charge in [-0.1, -0.05) is 31.2 Å². The molecule has 1 amide bonds. The van der Waals surface area contributed by atoms with E-state index in [1.165, 1.54) is 6.33 Å². The van der Waals surface area contributed by atoms with Gasteiger partial charge in [-0.05, 0) is 30.7 Å². The van der Waals surface area contributed by atoms with Crippen LogP contribution in [0.15, 0.2) is 59.8 Å². The number of hydrogen-bond donors (Lipinski definition) is 0. The van der Waals surface area contributed by atoms with Gasteiger partial charge in [0.05, 0.1) is 16.6 Å². The zero-order valence-electron chi connectivity index (χ0n) is 14.5. The molecule has 0 spiro atoms. The van der Waals surface area contributed by atoms with Crippen LogP contribution in [-0.4, -0.2) is 34.3 Å². The number of anilines is 1. The smallest absolute Gasteiger partial charge is 0.265 e. The average Bonchev–Trinajstić information content (AvgIpc) is 2.84. The Labute approximate surface area is 156 Å². The molecule has 6 heteroatoms. The molecule has 1 aliphatic rings. The van der Waals surface area contributed by atoms with E-state index in [2.05, 4.69) is 23.0 Å². The van der Waals surface area contributed by atoms with E-state index in [0.717, 1.165) is 27.9 Å². The molecule has 1 aliphatic heterocycles. The third kappa shape index (κ3) is 3.37. The zero-order valence-corrected chi connectivity index (χ0v) is 15.3. The summed E-state index contributed by atoms with van der Waals surface area (Å²) in [4.78, 5) is 24.3. The first-order chi connectivity index (χ1) is 12.7. The predicted molar refractivity (Wildman–Crippen MR) is 104 cm³/mol. The van der Waals surface area contributed by atoms with Gasteiger partial charge in [0, 0.05) is 16.7 Å². The van der Waals surface area contributed by atoms with Gasteiger partial charge in [0.15, 0.2) is 6.61 Å². The second-order valence-corrected chi connectivity index (χ2v) is 7.70. The van der Waals surface area contributed by atoms with Crippen LogP contribution in [0.5, 0.6) is 5.88 Å². The lowest BCUT2D eigenvalue weighted by Gasteiger charge is -2.22. The fourth-order valence-corrected chi connectivity index (χ4v) is 4.16. The number of amides is 1. The number of nitrogens with zero attached hydrogens (tertiary/aromatic N) is 3. The second-order valence-electron chi connectivity index (χ2n) is 6.21. The summed E-state index contributed by atoms with van der Waals surface area (Å²) in [5, 5.41) is 1.28. The molecule has 3 aromatic rings. The summed E-state index contributed by atoms with van der Waals surface area (Å²) < 4.78 is 5.77. The van der Waals surface area contributed by atoms with Crippen molar-refractivity contribution in [3.05, 3.63) is 54.9 Å². The SMILES string of the molecule is C[C@@H]1CCN(C(=O)COc2ncnc3ccccc23)c2ccccc2S1. The molecular weight excluding hydrogens is 346 g/mol. The van der Waals surface area contributed by atoms with Gasteiger partial charge in [-0.15, -0.1) is 11.8 Å². The normalized spacial score (nSPS) is 16.8. The van der Waals surface area contributed by atoms with E-state index in [1.54, 1.807) is 0 Å². The van der Waals surface area contributed by atoms with E-state index in [9.17, 15) is 4.79 Å². The molecule has 0 radical (unpaired) electrons. The van der Waals surface area contributed by atoms with E-state index in [1.807, 2.05) is 59.1 Å². The summed E-state index contributed by atoms with van der Waals surface area (Å²) in [6.07, 6.45) is 2.41. The lowest BCUT2D eigenvalue weighted by Crippen LogP contribution is -2.36. The lowest BCUT2D eigenvalue weighted by atomic mass is 10.2. The molecular formula is C20H19N3O2S. The summed E-state index contributed by atoms with van der Waals surface area (Å²) in [5.41, 5.74) is 1.76. The topological polar surface area (TPSA) is 55.3 Å². The van der Waals surface area contributed by atoms with Crippen molar-refractivity contribution in [1.82, 2.24) is 9.97 Å². The van der Waals surface area contributed by atoms with Crippen LogP contribution in [0.1, 0.15) is 13.3 Å². The quantitative estimate of drug-likeness (QED) is 0.704. The van der Waals surface area contributed by atoms with Crippen LogP contribution in [0, 0.1) is 0 Å². The molecule has 5 nitrogen and oxygen atoms in total. The first kappa shape index (κ1) is 16.8. The van der Waals surface area contributed by atoms with Crippen molar-refractivity contribution in [3.8, 4) is 5.88 Å². The monoisotopic (exact) mass is 365 g/mol. The maximum absolute atomic E-state index is 12.9. The van der Waals surface area contributed by atoms with Crippen LogP contribution in [0.25, 0.3) is 10.9 Å². The Bertz CT molecular complexity index is 942. The highest BCUT2D eigenvalue weighted by Gasteiger charge is 2.24. The summed E-state index contributed by atoms with van der Waals surface area (Å²) in [6, 6.07) is 15.7. The predicted octanol–water partition coefficient (Wildman–Crippen LogP) is 3.93. The Balaban J connectivity index is 1.55. The molecule has 0 aliphatic carbocycles. The molecule has 0 unspecified atom stereocenters. The number of aromatic nitrogens is 2. The van der Waals surface area contributed by atoms with Crippen LogP contribution in [-0.2, 0) is 4.79 Å². The molecule has 4 rings (SSSR count). The minimum atomic E-state index is -0.0603. The lowest BCUT2D eigenvalue weighted by molar-refractivity contribution is -0.120. The van der Waals surface area contributed by atoms with Gasteiger partial charge in [0.2, 0.25) is 5.88 Å². The van der Waals surface area contributed by atoms with Gasteiger partial charge < -0.3 is 9.64 Å². The number of carbonyl (C=O) groups excluding carboxylic acids is 1. The second kappa shape index (κ2) is 7.33. The highest BCUT2D eigenvalue weighted by Crippen LogP contribution is 2.37.